The van der Waals surface area contributed by atoms with Gasteiger partial charge in [0.25, 0.3) is 0 Å². The highest BCUT2D eigenvalue weighted by molar-refractivity contribution is 5.84. The largest absolute Gasteiger partial charge is 0.341 e. The van der Waals surface area contributed by atoms with Crippen molar-refractivity contribution in [2.45, 2.75) is 31.7 Å². The Labute approximate surface area is 154 Å². The molecule has 0 spiro atoms. The minimum Gasteiger partial charge on any atom is -0.341 e. The molecule has 26 heavy (non-hydrogen) atoms. The Bertz CT molecular complexity index is 660. The molecule has 2 amide bonds. The van der Waals surface area contributed by atoms with E-state index in [1.807, 2.05) is 4.90 Å². The van der Waals surface area contributed by atoms with Crippen molar-refractivity contribution in [2.24, 2.45) is 5.92 Å². The Morgan fingerprint density at radius 2 is 1.69 bits per heavy atom. The van der Waals surface area contributed by atoms with Gasteiger partial charge < -0.3 is 9.80 Å². The van der Waals surface area contributed by atoms with Crippen molar-refractivity contribution in [1.29, 1.82) is 0 Å². The number of amides is 2. The lowest BCUT2D eigenvalue weighted by Crippen LogP contribution is -2.44. The minimum atomic E-state index is -0.648. The zero-order chi connectivity index (χ0) is 18.7. The fraction of sp³-hybridized carbons (Fsp3) is 0.600. The van der Waals surface area contributed by atoms with E-state index >= 15 is 0 Å². The average Bonchev–Trinajstić information content (AvgIpc) is 2.81. The predicted molar refractivity (Wildman–Crippen MR) is 97.9 cm³/mol. The van der Waals surface area contributed by atoms with Crippen LogP contribution in [-0.4, -0.2) is 66.8 Å². The van der Waals surface area contributed by atoms with Crippen LogP contribution in [0.4, 0.5) is 4.39 Å². The molecule has 142 valence electrons. The van der Waals surface area contributed by atoms with E-state index in [1.165, 1.54) is 6.07 Å². The number of halogens is 1. The van der Waals surface area contributed by atoms with Crippen molar-refractivity contribution in [2.75, 3.05) is 40.3 Å². The Balaban J connectivity index is 1.70. The molecule has 1 atom stereocenters. The summed E-state index contributed by atoms with van der Waals surface area (Å²) in [6.07, 6.45) is 3.89. The molecular weight excluding hydrogens is 333 g/mol. The molecule has 1 aromatic carbocycles. The van der Waals surface area contributed by atoms with E-state index in [0.717, 1.165) is 25.7 Å². The zero-order valence-corrected chi connectivity index (χ0v) is 15.7. The quantitative estimate of drug-likeness (QED) is 0.827. The summed E-state index contributed by atoms with van der Waals surface area (Å²) in [5, 5.41) is 0. The van der Waals surface area contributed by atoms with E-state index in [4.69, 9.17) is 0 Å². The second kappa shape index (κ2) is 8.16. The maximum absolute atomic E-state index is 14.3. The molecule has 0 aromatic heterocycles. The lowest BCUT2D eigenvalue weighted by atomic mass is 9.84. The molecule has 1 heterocycles. The molecule has 0 bridgehead atoms. The first-order valence-electron chi connectivity index (χ1n) is 9.47. The molecule has 6 heteroatoms. The summed E-state index contributed by atoms with van der Waals surface area (Å²) in [7, 11) is 3.58. The third kappa shape index (κ3) is 3.90. The Kier molecular flexibility index (Phi) is 5.91. The van der Waals surface area contributed by atoms with Crippen LogP contribution in [0.5, 0.6) is 0 Å². The number of hydrogen-bond acceptors (Lipinski definition) is 3. The molecule has 0 unspecified atom stereocenters. The van der Waals surface area contributed by atoms with Gasteiger partial charge in [-0.05, 0) is 39.4 Å². The third-order valence-corrected chi connectivity index (χ3v) is 5.52. The lowest BCUT2D eigenvalue weighted by molar-refractivity contribution is -0.139. The summed E-state index contributed by atoms with van der Waals surface area (Å²) in [6, 6.07) is 5.79. The van der Waals surface area contributed by atoms with Crippen molar-refractivity contribution < 1.29 is 14.0 Å². The predicted octanol–water partition coefficient (Wildman–Crippen LogP) is 2.29. The summed E-state index contributed by atoms with van der Waals surface area (Å²) in [5.74, 6) is -0.0387. The molecule has 5 nitrogen and oxygen atoms in total. The first-order valence-corrected chi connectivity index (χ1v) is 9.47. The molecule has 0 N–H and O–H groups in total. The highest BCUT2D eigenvalue weighted by atomic mass is 19.1. The van der Waals surface area contributed by atoms with Crippen molar-refractivity contribution in [3.05, 3.63) is 35.6 Å². The van der Waals surface area contributed by atoms with Crippen LogP contribution in [-0.2, 0) is 9.59 Å². The number of rotatable bonds is 4. The van der Waals surface area contributed by atoms with Gasteiger partial charge in [-0.25, -0.2) is 4.39 Å². The SMILES string of the molecule is CN(C)[C@H](C(=O)N1CCCN(C(=O)C2CCC2)CC1)c1ccccc1F. The monoisotopic (exact) mass is 361 g/mol. The summed E-state index contributed by atoms with van der Waals surface area (Å²) in [4.78, 5) is 31.1. The molecule has 3 rings (SSSR count). The van der Waals surface area contributed by atoms with E-state index in [0.29, 0.717) is 31.7 Å². The number of carbonyl (C=O) groups excluding carboxylic acids is 2. The number of benzene rings is 1. The average molecular weight is 361 g/mol. The van der Waals surface area contributed by atoms with Crippen LogP contribution in [0.1, 0.15) is 37.3 Å². The first kappa shape index (κ1) is 18.8. The second-order valence-corrected chi connectivity index (χ2v) is 7.52. The van der Waals surface area contributed by atoms with Crippen molar-refractivity contribution in [3.8, 4) is 0 Å². The van der Waals surface area contributed by atoms with Crippen LogP contribution in [0, 0.1) is 11.7 Å². The molecule has 2 fully saturated rings. The van der Waals surface area contributed by atoms with Gasteiger partial charge in [0.15, 0.2) is 0 Å². The molecule has 1 aromatic rings. The third-order valence-electron chi connectivity index (χ3n) is 5.52. The van der Waals surface area contributed by atoms with Gasteiger partial charge in [0, 0.05) is 37.7 Å². The van der Waals surface area contributed by atoms with Crippen LogP contribution in [0.25, 0.3) is 0 Å². The van der Waals surface area contributed by atoms with E-state index in [1.54, 1.807) is 42.1 Å². The zero-order valence-electron chi connectivity index (χ0n) is 15.7. The van der Waals surface area contributed by atoms with Gasteiger partial charge in [-0.15, -0.1) is 0 Å². The number of carbonyl (C=O) groups is 2. The van der Waals surface area contributed by atoms with Crippen molar-refractivity contribution in [3.63, 3.8) is 0 Å². The molecular formula is C20H28FN3O2. The maximum Gasteiger partial charge on any atom is 0.244 e. The highest BCUT2D eigenvalue weighted by Gasteiger charge is 2.33. The van der Waals surface area contributed by atoms with Crippen LogP contribution >= 0.6 is 0 Å². The Hall–Kier alpha value is -1.95. The van der Waals surface area contributed by atoms with E-state index < -0.39 is 6.04 Å². The van der Waals surface area contributed by atoms with Gasteiger partial charge in [-0.3, -0.25) is 14.5 Å². The maximum atomic E-state index is 14.3. The standard InChI is InChI=1S/C20H28FN3O2/c1-22(2)18(16-9-3-4-10-17(16)21)20(26)24-12-6-11-23(13-14-24)19(25)15-7-5-8-15/h3-4,9-10,15,18H,5-8,11-14H2,1-2H3/t18-/m0/s1. The number of nitrogens with zero attached hydrogens (tertiary/aromatic N) is 3. The van der Waals surface area contributed by atoms with Gasteiger partial charge >= 0.3 is 0 Å². The second-order valence-electron chi connectivity index (χ2n) is 7.52. The van der Waals surface area contributed by atoms with E-state index in [9.17, 15) is 14.0 Å². The van der Waals surface area contributed by atoms with E-state index in [2.05, 4.69) is 0 Å². The summed E-state index contributed by atoms with van der Waals surface area (Å²) in [6.45, 7) is 2.38. The first-order chi connectivity index (χ1) is 12.5. The van der Waals surface area contributed by atoms with Gasteiger partial charge in [0.05, 0.1) is 0 Å². The lowest BCUT2D eigenvalue weighted by Gasteiger charge is -2.32. The van der Waals surface area contributed by atoms with Crippen LogP contribution < -0.4 is 0 Å². The van der Waals surface area contributed by atoms with Gasteiger partial charge in [0.2, 0.25) is 11.8 Å². The minimum absolute atomic E-state index is 0.0990. The Morgan fingerprint density at radius 1 is 1.04 bits per heavy atom. The molecule has 1 saturated carbocycles. The van der Waals surface area contributed by atoms with Crippen molar-refractivity contribution in [1.82, 2.24) is 14.7 Å². The highest BCUT2D eigenvalue weighted by Crippen LogP contribution is 2.29. The molecule has 1 aliphatic carbocycles. The van der Waals surface area contributed by atoms with E-state index in [-0.39, 0.29) is 23.5 Å². The molecule has 0 radical (unpaired) electrons. The van der Waals surface area contributed by atoms with Gasteiger partial charge in [-0.2, -0.15) is 0 Å². The molecule has 1 saturated heterocycles. The topological polar surface area (TPSA) is 43.9 Å². The van der Waals surface area contributed by atoms with Crippen molar-refractivity contribution >= 4 is 11.8 Å². The van der Waals surface area contributed by atoms with Crippen LogP contribution in [0.3, 0.4) is 0 Å². The molecule has 1 aliphatic heterocycles. The normalized spacial score (nSPS) is 19.8. The van der Waals surface area contributed by atoms with Gasteiger partial charge in [0.1, 0.15) is 11.9 Å². The number of likely N-dealkylation sites (N-methyl/N-ethyl adjacent to an activating group) is 1. The van der Waals surface area contributed by atoms with Crippen LogP contribution in [0.15, 0.2) is 24.3 Å². The smallest absolute Gasteiger partial charge is 0.244 e. The fourth-order valence-electron chi connectivity index (χ4n) is 3.77. The van der Waals surface area contributed by atoms with Gasteiger partial charge in [-0.1, -0.05) is 24.6 Å². The summed E-state index contributed by atoms with van der Waals surface area (Å²) < 4.78 is 14.3. The fourth-order valence-corrected chi connectivity index (χ4v) is 3.77. The summed E-state index contributed by atoms with van der Waals surface area (Å²) >= 11 is 0. The summed E-state index contributed by atoms with van der Waals surface area (Å²) in [5.41, 5.74) is 0.397. The number of hydrogen-bond donors (Lipinski definition) is 0. The van der Waals surface area contributed by atoms with Crippen LogP contribution in [0.2, 0.25) is 0 Å². The molecule has 2 aliphatic rings. The Morgan fingerprint density at radius 3 is 2.31 bits per heavy atom.